The number of carbonyl (C=O) groups excluding carboxylic acids is 3. The molecule has 7 nitrogen and oxygen atoms in total. The fraction of sp³-hybridized carbons (Fsp3) is 0.387. The first-order valence-corrected chi connectivity index (χ1v) is 13.0. The van der Waals surface area contributed by atoms with Crippen LogP contribution in [0.1, 0.15) is 37.3 Å². The Bertz CT molecular complexity index is 1030. The van der Waals surface area contributed by atoms with Crippen LogP contribution in [-0.2, 0) is 32.1 Å². The van der Waals surface area contributed by atoms with Crippen molar-refractivity contribution in [2.75, 3.05) is 19.8 Å². The number of allylic oxidation sites excluding steroid dienone is 2. The van der Waals surface area contributed by atoms with Gasteiger partial charge >= 0.3 is 5.97 Å². The maximum Gasteiger partial charge on any atom is 0.309 e. The van der Waals surface area contributed by atoms with Crippen molar-refractivity contribution in [1.82, 2.24) is 10.2 Å². The maximum atomic E-state index is 13.0. The zero-order valence-electron chi connectivity index (χ0n) is 22.3. The third kappa shape index (κ3) is 10.7. The van der Waals surface area contributed by atoms with Gasteiger partial charge in [-0.15, -0.1) is 13.2 Å². The second-order valence-electron chi connectivity index (χ2n) is 9.40. The molecule has 38 heavy (non-hydrogen) atoms. The van der Waals surface area contributed by atoms with Gasteiger partial charge in [-0.1, -0.05) is 72.8 Å². The molecule has 0 heterocycles. The number of benzene rings is 2. The van der Waals surface area contributed by atoms with Crippen molar-refractivity contribution in [2.45, 2.75) is 45.2 Å². The van der Waals surface area contributed by atoms with Crippen molar-refractivity contribution in [2.24, 2.45) is 11.8 Å². The van der Waals surface area contributed by atoms with Gasteiger partial charge in [0.2, 0.25) is 11.8 Å². The van der Waals surface area contributed by atoms with E-state index in [0.717, 1.165) is 11.1 Å². The summed E-state index contributed by atoms with van der Waals surface area (Å²) in [6.45, 7) is 9.61. The molecule has 7 heteroatoms. The second kappa shape index (κ2) is 16.9. The van der Waals surface area contributed by atoms with Crippen molar-refractivity contribution in [3.8, 4) is 0 Å². The predicted octanol–water partition coefficient (Wildman–Crippen LogP) is 4.07. The Morgan fingerprint density at radius 1 is 0.947 bits per heavy atom. The number of aliphatic hydroxyl groups is 1. The van der Waals surface area contributed by atoms with Crippen LogP contribution in [0.15, 0.2) is 86.0 Å². The van der Waals surface area contributed by atoms with Gasteiger partial charge in [0.05, 0.1) is 24.5 Å². The highest BCUT2D eigenvalue weighted by Gasteiger charge is 2.26. The first-order valence-electron chi connectivity index (χ1n) is 13.0. The second-order valence-corrected chi connectivity index (χ2v) is 9.40. The molecule has 0 aliphatic rings. The van der Waals surface area contributed by atoms with Gasteiger partial charge in [-0.3, -0.25) is 14.4 Å². The zero-order valence-corrected chi connectivity index (χ0v) is 22.3. The first kappa shape index (κ1) is 30.5. The van der Waals surface area contributed by atoms with Crippen molar-refractivity contribution >= 4 is 17.8 Å². The molecule has 0 aliphatic carbocycles. The van der Waals surface area contributed by atoms with Crippen molar-refractivity contribution in [3.05, 3.63) is 97.1 Å². The van der Waals surface area contributed by atoms with Gasteiger partial charge < -0.3 is 20.1 Å². The minimum atomic E-state index is -0.623. The molecule has 2 rings (SSSR count). The molecule has 204 valence electrons. The molecular formula is C31H40N2O5. The topological polar surface area (TPSA) is 95.9 Å². The number of ether oxygens (including phenoxy) is 1. The first-order chi connectivity index (χ1) is 18.4. The van der Waals surface area contributed by atoms with Crippen LogP contribution in [0.25, 0.3) is 0 Å². The van der Waals surface area contributed by atoms with E-state index >= 15 is 0 Å². The number of nitrogens with zero attached hydrogens (tertiary/aromatic N) is 1. The van der Waals surface area contributed by atoms with Crippen molar-refractivity contribution < 1.29 is 24.2 Å². The predicted molar refractivity (Wildman–Crippen MR) is 149 cm³/mol. The smallest absolute Gasteiger partial charge is 0.309 e. The molecular weight excluding hydrogens is 480 g/mol. The van der Waals surface area contributed by atoms with Crippen LogP contribution in [0, 0.1) is 11.8 Å². The third-order valence-electron chi connectivity index (χ3n) is 6.16. The van der Waals surface area contributed by atoms with E-state index in [1.165, 1.54) is 0 Å². The molecule has 3 atom stereocenters. The van der Waals surface area contributed by atoms with Gasteiger partial charge in [0.25, 0.3) is 0 Å². The quantitative estimate of drug-likeness (QED) is 0.242. The highest BCUT2D eigenvalue weighted by atomic mass is 16.5. The number of hydrogen-bond acceptors (Lipinski definition) is 5. The minimum Gasteiger partial charge on any atom is -0.463 e. The SMILES string of the molecule is C=CC[C@H](CC(=O)N(CCO)Cc1ccccc1)C(=O)N[C@@H](C)COC(=O)[C@@H](CC=C)Cc1ccccc1. The molecule has 0 bridgehead atoms. The Morgan fingerprint density at radius 3 is 2.11 bits per heavy atom. The summed E-state index contributed by atoms with van der Waals surface area (Å²) < 4.78 is 5.52. The summed E-state index contributed by atoms with van der Waals surface area (Å²) in [5, 5.41) is 12.3. The van der Waals surface area contributed by atoms with Crippen LogP contribution in [-0.4, -0.2) is 53.6 Å². The van der Waals surface area contributed by atoms with Gasteiger partial charge in [0, 0.05) is 19.5 Å². The highest BCUT2D eigenvalue weighted by molar-refractivity contribution is 5.86. The van der Waals surface area contributed by atoms with E-state index < -0.39 is 12.0 Å². The molecule has 0 unspecified atom stereocenters. The van der Waals surface area contributed by atoms with E-state index in [0.29, 0.717) is 25.8 Å². The Morgan fingerprint density at radius 2 is 1.53 bits per heavy atom. The Hall–Kier alpha value is -3.71. The van der Waals surface area contributed by atoms with E-state index in [9.17, 15) is 19.5 Å². The maximum absolute atomic E-state index is 13.0. The number of carbonyl (C=O) groups is 3. The van der Waals surface area contributed by atoms with E-state index in [1.54, 1.807) is 24.0 Å². The van der Waals surface area contributed by atoms with E-state index in [-0.39, 0.29) is 49.9 Å². The molecule has 2 aromatic carbocycles. The lowest BCUT2D eigenvalue weighted by Crippen LogP contribution is -2.42. The molecule has 0 radical (unpaired) electrons. The molecule has 0 fully saturated rings. The fourth-order valence-corrected chi connectivity index (χ4v) is 4.13. The average Bonchev–Trinajstić information content (AvgIpc) is 2.92. The minimum absolute atomic E-state index is 0.0182. The molecule has 0 aliphatic heterocycles. The van der Waals surface area contributed by atoms with Gasteiger partial charge in [-0.2, -0.15) is 0 Å². The molecule has 2 amide bonds. The van der Waals surface area contributed by atoms with E-state index in [2.05, 4.69) is 18.5 Å². The lowest BCUT2D eigenvalue weighted by Gasteiger charge is -2.25. The van der Waals surface area contributed by atoms with E-state index in [4.69, 9.17) is 4.74 Å². The summed E-state index contributed by atoms with van der Waals surface area (Å²) in [5.41, 5.74) is 1.98. The Kier molecular flexibility index (Phi) is 13.6. The van der Waals surface area contributed by atoms with Crippen LogP contribution < -0.4 is 5.32 Å². The lowest BCUT2D eigenvalue weighted by molar-refractivity contribution is -0.149. The number of esters is 1. The van der Waals surface area contributed by atoms with E-state index in [1.807, 2.05) is 60.7 Å². The van der Waals surface area contributed by atoms with Crippen LogP contribution in [0.2, 0.25) is 0 Å². The molecule has 0 spiro atoms. The Balaban J connectivity index is 1.92. The number of hydrogen-bond donors (Lipinski definition) is 2. The lowest BCUT2D eigenvalue weighted by atomic mass is 9.96. The molecule has 0 saturated carbocycles. The van der Waals surface area contributed by atoms with Gasteiger partial charge in [-0.25, -0.2) is 0 Å². The largest absolute Gasteiger partial charge is 0.463 e. The molecule has 0 aromatic heterocycles. The summed E-state index contributed by atoms with van der Waals surface area (Å²) in [6.07, 6.45) is 4.65. The van der Waals surface area contributed by atoms with Gasteiger partial charge in [0.1, 0.15) is 6.61 Å². The van der Waals surface area contributed by atoms with Crippen molar-refractivity contribution in [3.63, 3.8) is 0 Å². The molecule has 2 aromatic rings. The van der Waals surface area contributed by atoms with Crippen LogP contribution in [0.4, 0.5) is 0 Å². The highest BCUT2D eigenvalue weighted by Crippen LogP contribution is 2.16. The molecule has 0 saturated heterocycles. The van der Waals surface area contributed by atoms with Crippen LogP contribution in [0.3, 0.4) is 0 Å². The summed E-state index contributed by atoms with van der Waals surface area (Å²) in [4.78, 5) is 40.3. The zero-order chi connectivity index (χ0) is 27.8. The van der Waals surface area contributed by atoms with Crippen LogP contribution in [0.5, 0.6) is 0 Å². The number of nitrogens with one attached hydrogen (secondary N) is 1. The summed E-state index contributed by atoms with van der Waals surface area (Å²) in [5.74, 6) is -1.85. The monoisotopic (exact) mass is 520 g/mol. The average molecular weight is 521 g/mol. The number of amides is 2. The number of rotatable bonds is 17. The summed E-state index contributed by atoms with van der Waals surface area (Å²) in [7, 11) is 0. The van der Waals surface area contributed by atoms with Gasteiger partial charge in [-0.05, 0) is 37.3 Å². The molecule has 2 N–H and O–H groups in total. The summed E-state index contributed by atoms with van der Waals surface area (Å²) in [6, 6.07) is 18.8. The number of aliphatic hydroxyl groups excluding tert-OH is 1. The Labute approximate surface area is 226 Å². The van der Waals surface area contributed by atoms with Crippen molar-refractivity contribution in [1.29, 1.82) is 0 Å². The third-order valence-corrected chi connectivity index (χ3v) is 6.16. The normalized spacial score (nSPS) is 13.0. The standard InChI is InChI=1S/C31H40N2O5/c1-4-12-27(21-29(35)33(18-19-34)22-26-16-10-7-11-17-26)30(36)32-24(3)23-38-31(37)28(13-5-2)20-25-14-8-6-9-15-25/h4-11,14-17,24,27-28,34H,1-2,12-13,18-23H2,3H3,(H,32,36)/t24-,27+,28-/m0/s1. The van der Waals surface area contributed by atoms with Crippen LogP contribution >= 0.6 is 0 Å². The fourth-order valence-electron chi connectivity index (χ4n) is 4.13. The summed E-state index contributed by atoms with van der Waals surface area (Å²) >= 11 is 0. The van der Waals surface area contributed by atoms with Gasteiger partial charge in [0.15, 0.2) is 0 Å².